The van der Waals surface area contributed by atoms with Gasteiger partial charge in [0, 0.05) is 13.7 Å². The van der Waals surface area contributed by atoms with Crippen LogP contribution in [0.5, 0.6) is 0 Å². The minimum Gasteiger partial charge on any atom is -0.410 e. The highest BCUT2D eigenvalue weighted by Crippen LogP contribution is 1.96. The van der Waals surface area contributed by atoms with Crippen molar-refractivity contribution in [3.63, 3.8) is 0 Å². The van der Waals surface area contributed by atoms with Crippen LogP contribution in [0.4, 0.5) is 4.39 Å². The van der Waals surface area contributed by atoms with Gasteiger partial charge in [-0.1, -0.05) is 12.1 Å². The third kappa shape index (κ3) is 2.83. The van der Waals surface area contributed by atoms with Gasteiger partial charge in [0.05, 0.1) is 0 Å². The Bertz CT molecular complexity index is 250. The second-order valence-electron chi connectivity index (χ2n) is 2.57. The van der Waals surface area contributed by atoms with Gasteiger partial charge >= 0.3 is 7.12 Å². The van der Waals surface area contributed by atoms with Crippen LogP contribution in [0.3, 0.4) is 0 Å². The molecule has 0 N–H and O–H groups in total. The summed E-state index contributed by atoms with van der Waals surface area (Å²) in [6.07, 6.45) is 0. The second kappa shape index (κ2) is 4.99. The maximum Gasteiger partial charge on any atom is 0.493 e. The lowest BCUT2D eigenvalue weighted by Gasteiger charge is -2.09. The fourth-order valence-electron chi connectivity index (χ4n) is 1.07. The molecule has 0 saturated carbocycles. The SMILES string of the molecule is CCOB(OC)c1ccc(F)cc1. The van der Waals surface area contributed by atoms with E-state index in [1.165, 1.54) is 12.1 Å². The summed E-state index contributed by atoms with van der Waals surface area (Å²) in [5.41, 5.74) is 0.825. The minimum atomic E-state index is -0.398. The van der Waals surface area contributed by atoms with Crippen LogP contribution in [0.2, 0.25) is 0 Å². The van der Waals surface area contributed by atoms with E-state index in [2.05, 4.69) is 0 Å². The first-order valence-electron chi connectivity index (χ1n) is 4.17. The second-order valence-corrected chi connectivity index (χ2v) is 2.57. The molecule has 1 aromatic rings. The highest BCUT2D eigenvalue weighted by molar-refractivity contribution is 6.61. The summed E-state index contributed by atoms with van der Waals surface area (Å²) in [5.74, 6) is -0.255. The van der Waals surface area contributed by atoms with E-state index in [-0.39, 0.29) is 5.82 Å². The summed E-state index contributed by atoms with van der Waals surface area (Å²) in [4.78, 5) is 0. The zero-order chi connectivity index (χ0) is 9.68. The first kappa shape index (κ1) is 10.2. The van der Waals surface area contributed by atoms with Crippen molar-refractivity contribution in [1.82, 2.24) is 0 Å². The van der Waals surface area contributed by atoms with E-state index < -0.39 is 7.12 Å². The van der Waals surface area contributed by atoms with Crippen LogP contribution in [0.25, 0.3) is 0 Å². The summed E-state index contributed by atoms with van der Waals surface area (Å²) in [6, 6.07) is 6.08. The van der Waals surface area contributed by atoms with E-state index in [0.717, 1.165) is 5.46 Å². The summed E-state index contributed by atoms with van der Waals surface area (Å²) >= 11 is 0. The molecule has 2 nitrogen and oxygen atoms in total. The molecular formula is C9H12BFO2. The Morgan fingerprint density at radius 2 is 1.92 bits per heavy atom. The Morgan fingerprint density at radius 3 is 2.38 bits per heavy atom. The molecule has 0 aliphatic rings. The summed E-state index contributed by atoms with van der Waals surface area (Å²) in [7, 11) is 1.16. The monoisotopic (exact) mass is 182 g/mol. The van der Waals surface area contributed by atoms with E-state index in [1.807, 2.05) is 6.92 Å². The fraction of sp³-hybridized carbons (Fsp3) is 0.333. The van der Waals surface area contributed by atoms with Crippen LogP contribution < -0.4 is 5.46 Å². The lowest BCUT2D eigenvalue weighted by atomic mass is 9.79. The van der Waals surface area contributed by atoms with E-state index in [1.54, 1.807) is 19.2 Å². The normalized spacial score (nSPS) is 10.1. The largest absolute Gasteiger partial charge is 0.493 e. The number of halogens is 1. The molecule has 0 radical (unpaired) electrons. The van der Waals surface area contributed by atoms with Gasteiger partial charge in [-0.2, -0.15) is 0 Å². The molecule has 70 valence electrons. The third-order valence-corrected chi connectivity index (χ3v) is 1.67. The van der Waals surface area contributed by atoms with Crippen LogP contribution in [0, 0.1) is 5.82 Å². The molecule has 0 fully saturated rings. The predicted molar refractivity (Wildman–Crippen MR) is 50.4 cm³/mol. The van der Waals surface area contributed by atoms with Gasteiger partial charge in [-0.25, -0.2) is 4.39 Å². The zero-order valence-corrected chi connectivity index (χ0v) is 7.79. The smallest absolute Gasteiger partial charge is 0.410 e. The maximum atomic E-state index is 12.6. The van der Waals surface area contributed by atoms with Crippen molar-refractivity contribution in [3.05, 3.63) is 30.1 Å². The lowest BCUT2D eigenvalue weighted by Crippen LogP contribution is -2.35. The van der Waals surface area contributed by atoms with Crippen LogP contribution in [0.15, 0.2) is 24.3 Å². The van der Waals surface area contributed by atoms with E-state index in [0.29, 0.717) is 6.61 Å². The highest BCUT2D eigenvalue weighted by atomic mass is 19.1. The van der Waals surface area contributed by atoms with Gasteiger partial charge in [0.15, 0.2) is 0 Å². The van der Waals surface area contributed by atoms with Crippen LogP contribution in [-0.2, 0) is 9.31 Å². The molecule has 0 unspecified atom stereocenters. The Kier molecular flexibility index (Phi) is 3.92. The first-order valence-corrected chi connectivity index (χ1v) is 4.17. The molecule has 0 spiro atoms. The van der Waals surface area contributed by atoms with Gasteiger partial charge in [0.25, 0.3) is 0 Å². The van der Waals surface area contributed by atoms with Crippen molar-refractivity contribution in [2.75, 3.05) is 13.7 Å². The van der Waals surface area contributed by atoms with Crippen molar-refractivity contribution < 1.29 is 13.7 Å². The summed E-state index contributed by atoms with van der Waals surface area (Å²) in [6.45, 7) is 2.45. The predicted octanol–water partition coefficient (Wildman–Crippen LogP) is 1.20. The average molecular weight is 182 g/mol. The number of hydrogen-bond donors (Lipinski definition) is 0. The molecule has 0 aromatic heterocycles. The van der Waals surface area contributed by atoms with Gasteiger partial charge < -0.3 is 9.31 Å². The molecule has 13 heavy (non-hydrogen) atoms. The van der Waals surface area contributed by atoms with E-state index >= 15 is 0 Å². The molecule has 4 heteroatoms. The van der Waals surface area contributed by atoms with Crippen LogP contribution >= 0.6 is 0 Å². The van der Waals surface area contributed by atoms with Gasteiger partial charge in [-0.15, -0.1) is 0 Å². The van der Waals surface area contributed by atoms with Gasteiger partial charge in [-0.3, -0.25) is 0 Å². The summed E-state index contributed by atoms with van der Waals surface area (Å²) < 4.78 is 22.9. The molecule has 1 aromatic carbocycles. The fourth-order valence-corrected chi connectivity index (χ4v) is 1.07. The Balaban J connectivity index is 2.73. The number of rotatable bonds is 4. The molecule has 1 rings (SSSR count). The highest BCUT2D eigenvalue weighted by Gasteiger charge is 2.18. The number of benzene rings is 1. The average Bonchev–Trinajstić information content (AvgIpc) is 2.16. The topological polar surface area (TPSA) is 18.5 Å². The first-order chi connectivity index (χ1) is 6.27. The van der Waals surface area contributed by atoms with Crippen molar-refractivity contribution in [2.24, 2.45) is 0 Å². The van der Waals surface area contributed by atoms with Gasteiger partial charge in [-0.05, 0) is 24.5 Å². The molecule has 0 amide bonds. The van der Waals surface area contributed by atoms with Crippen molar-refractivity contribution >= 4 is 12.6 Å². The molecule has 0 heterocycles. The van der Waals surface area contributed by atoms with Crippen LogP contribution in [-0.4, -0.2) is 20.8 Å². The van der Waals surface area contributed by atoms with Gasteiger partial charge in [0.2, 0.25) is 0 Å². The van der Waals surface area contributed by atoms with E-state index in [9.17, 15) is 4.39 Å². The van der Waals surface area contributed by atoms with E-state index in [4.69, 9.17) is 9.31 Å². The Hall–Kier alpha value is -0.865. The minimum absolute atomic E-state index is 0.255. The molecule has 0 aliphatic heterocycles. The third-order valence-electron chi connectivity index (χ3n) is 1.67. The molecular weight excluding hydrogens is 170 g/mol. The molecule has 0 aliphatic carbocycles. The van der Waals surface area contributed by atoms with Crippen LogP contribution in [0.1, 0.15) is 6.92 Å². The molecule has 0 bridgehead atoms. The van der Waals surface area contributed by atoms with Crippen molar-refractivity contribution in [1.29, 1.82) is 0 Å². The quantitative estimate of drug-likeness (QED) is 0.651. The zero-order valence-electron chi connectivity index (χ0n) is 7.79. The molecule has 0 saturated heterocycles. The standard InChI is InChI=1S/C9H12BFO2/c1-3-13-10(12-2)8-4-6-9(11)7-5-8/h4-7H,3H2,1-2H3. The molecule has 0 atom stereocenters. The maximum absolute atomic E-state index is 12.6. The number of hydrogen-bond acceptors (Lipinski definition) is 2. The lowest BCUT2D eigenvalue weighted by molar-refractivity contribution is 0.253. The van der Waals surface area contributed by atoms with Crippen molar-refractivity contribution in [3.8, 4) is 0 Å². The van der Waals surface area contributed by atoms with Gasteiger partial charge in [0.1, 0.15) is 5.82 Å². The Morgan fingerprint density at radius 1 is 1.31 bits per heavy atom. The Labute approximate surface area is 77.8 Å². The van der Waals surface area contributed by atoms with Crippen molar-refractivity contribution in [2.45, 2.75) is 6.92 Å². The summed E-state index contributed by atoms with van der Waals surface area (Å²) in [5, 5.41) is 0.